The van der Waals surface area contributed by atoms with Gasteiger partial charge < -0.3 is 11.1 Å². The summed E-state index contributed by atoms with van der Waals surface area (Å²) in [6, 6.07) is 15.1. The van der Waals surface area contributed by atoms with Gasteiger partial charge in [0.1, 0.15) is 11.9 Å². The highest BCUT2D eigenvalue weighted by atomic mass is 16.6. The summed E-state index contributed by atoms with van der Waals surface area (Å²) in [6.07, 6.45) is 0. The normalized spacial score (nSPS) is 16.2. The summed E-state index contributed by atoms with van der Waals surface area (Å²) >= 11 is 0. The summed E-state index contributed by atoms with van der Waals surface area (Å²) in [7, 11) is 0. The highest BCUT2D eigenvalue weighted by molar-refractivity contribution is 5.85. The number of nitrogens with zero attached hydrogens (tertiary/aromatic N) is 4. The lowest BCUT2D eigenvalue weighted by Gasteiger charge is -2.26. The van der Waals surface area contributed by atoms with Crippen LogP contribution < -0.4 is 11.1 Å². The third-order valence-electron chi connectivity index (χ3n) is 4.17. The molecule has 0 unspecified atom stereocenters. The maximum Gasteiger partial charge on any atom is 0.269 e. The van der Waals surface area contributed by atoms with Crippen LogP contribution in [0.3, 0.4) is 0 Å². The Labute approximate surface area is 142 Å². The van der Waals surface area contributed by atoms with Gasteiger partial charge in [-0.15, -0.1) is 0 Å². The molecule has 3 N–H and O–H groups in total. The zero-order valence-corrected chi connectivity index (χ0v) is 12.9. The van der Waals surface area contributed by atoms with Crippen LogP contribution in [0.1, 0.15) is 11.6 Å². The molecule has 0 saturated carbocycles. The fourth-order valence-electron chi connectivity index (χ4n) is 3.03. The lowest BCUT2D eigenvalue weighted by Crippen LogP contribution is -2.26. The second-order valence-corrected chi connectivity index (χ2v) is 5.60. The average molecular weight is 332 g/mol. The Morgan fingerprint density at radius 2 is 2.08 bits per heavy atom. The van der Waals surface area contributed by atoms with Crippen molar-refractivity contribution in [1.29, 1.82) is 5.26 Å². The Hall–Kier alpha value is -3.86. The topological polar surface area (TPSA) is 123 Å². The van der Waals surface area contributed by atoms with Crippen LogP contribution in [-0.2, 0) is 0 Å². The number of non-ortho nitro benzene ring substituents is 1. The average Bonchev–Trinajstić information content (AvgIpc) is 3.00. The molecule has 2 aromatic carbocycles. The Balaban J connectivity index is 1.90. The molecule has 122 valence electrons. The van der Waals surface area contributed by atoms with Crippen molar-refractivity contribution in [2.75, 3.05) is 5.32 Å². The van der Waals surface area contributed by atoms with Gasteiger partial charge in [0.2, 0.25) is 5.95 Å². The summed E-state index contributed by atoms with van der Waals surface area (Å²) < 4.78 is 1.68. The Morgan fingerprint density at radius 1 is 1.28 bits per heavy atom. The maximum atomic E-state index is 11.0. The molecule has 1 aliphatic heterocycles. The van der Waals surface area contributed by atoms with Crippen LogP contribution in [0.15, 0.2) is 54.1 Å². The van der Waals surface area contributed by atoms with Gasteiger partial charge >= 0.3 is 0 Å². The van der Waals surface area contributed by atoms with Crippen molar-refractivity contribution in [2.45, 2.75) is 6.04 Å². The monoisotopic (exact) mass is 332 g/mol. The van der Waals surface area contributed by atoms with Gasteiger partial charge in [0.25, 0.3) is 5.69 Å². The van der Waals surface area contributed by atoms with Gasteiger partial charge in [0, 0.05) is 12.1 Å². The number of benzene rings is 2. The van der Waals surface area contributed by atoms with E-state index in [0.717, 1.165) is 11.0 Å². The van der Waals surface area contributed by atoms with Crippen molar-refractivity contribution in [2.24, 2.45) is 5.73 Å². The number of nitro benzene ring substituents is 1. The zero-order chi connectivity index (χ0) is 17.6. The molecule has 4 rings (SSSR count). The molecular weight excluding hydrogens is 320 g/mol. The molecule has 3 aromatic rings. The van der Waals surface area contributed by atoms with Crippen molar-refractivity contribution in [1.82, 2.24) is 9.55 Å². The number of aromatic nitrogens is 2. The summed E-state index contributed by atoms with van der Waals surface area (Å²) in [4.78, 5) is 15.1. The second kappa shape index (κ2) is 5.35. The van der Waals surface area contributed by atoms with E-state index in [1.807, 2.05) is 24.3 Å². The number of para-hydroxylation sites is 2. The van der Waals surface area contributed by atoms with E-state index in [0.29, 0.717) is 11.5 Å². The fraction of sp³-hybridized carbons (Fsp3) is 0.0588. The van der Waals surface area contributed by atoms with Crippen molar-refractivity contribution in [3.8, 4) is 6.07 Å². The summed E-state index contributed by atoms with van der Waals surface area (Å²) in [5.41, 5.74) is 8.59. The number of hydrogen-bond acceptors (Lipinski definition) is 6. The van der Waals surface area contributed by atoms with E-state index >= 15 is 0 Å². The van der Waals surface area contributed by atoms with E-state index in [2.05, 4.69) is 16.4 Å². The Bertz CT molecular complexity index is 1090. The van der Waals surface area contributed by atoms with Gasteiger partial charge in [-0.3, -0.25) is 14.7 Å². The van der Waals surface area contributed by atoms with Gasteiger partial charge in [-0.05, 0) is 17.7 Å². The van der Waals surface area contributed by atoms with Crippen molar-refractivity contribution >= 4 is 28.5 Å². The lowest BCUT2D eigenvalue weighted by molar-refractivity contribution is -0.384. The number of nitriles is 1. The molecule has 8 heteroatoms. The molecule has 1 atom stereocenters. The number of hydrogen-bond donors (Lipinski definition) is 2. The molecule has 1 aromatic heterocycles. The predicted octanol–water partition coefficient (Wildman–Crippen LogP) is 2.76. The molecule has 1 aliphatic rings. The first-order valence-corrected chi connectivity index (χ1v) is 7.48. The van der Waals surface area contributed by atoms with E-state index in [4.69, 9.17) is 5.73 Å². The number of imidazole rings is 1. The summed E-state index contributed by atoms with van der Waals surface area (Å²) in [5, 5.41) is 23.8. The predicted molar refractivity (Wildman–Crippen MR) is 92.2 cm³/mol. The number of nitrogens with two attached hydrogens (primary N) is 1. The number of rotatable bonds is 2. The van der Waals surface area contributed by atoms with E-state index in [-0.39, 0.29) is 17.1 Å². The first-order chi connectivity index (χ1) is 12.1. The van der Waals surface area contributed by atoms with E-state index in [1.54, 1.807) is 16.7 Å². The minimum Gasteiger partial charge on any atom is -0.384 e. The van der Waals surface area contributed by atoms with E-state index in [1.165, 1.54) is 12.1 Å². The highest BCUT2D eigenvalue weighted by Gasteiger charge is 2.30. The number of anilines is 1. The van der Waals surface area contributed by atoms with Crippen LogP contribution in [-0.4, -0.2) is 14.5 Å². The highest BCUT2D eigenvalue weighted by Crippen LogP contribution is 2.36. The molecule has 0 radical (unpaired) electrons. The largest absolute Gasteiger partial charge is 0.384 e. The molecule has 2 heterocycles. The van der Waals surface area contributed by atoms with Gasteiger partial charge in [-0.1, -0.05) is 24.3 Å². The first-order valence-electron chi connectivity index (χ1n) is 7.48. The van der Waals surface area contributed by atoms with E-state index < -0.39 is 11.0 Å². The number of nitro groups is 1. The second-order valence-electron chi connectivity index (χ2n) is 5.60. The number of fused-ring (bicyclic) bond motifs is 3. The minimum atomic E-state index is -0.603. The van der Waals surface area contributed by atoms with Crippen molar-refractivity contribution in [3.63, 3.8) is 0 Å². The fourth-order valence-corrected chi connectivity index (χ4v) is 3.03. The van der Waals surface area contributed by atoms with Crippen LogP contribution in [0.2, 0.25) is 0 Å². The van der Waals surface area contributed by atoms with Gasteiger partial charge in [0.05, 0.1) is 27.6 Å². The minimum absolute atomic E-state index is 0.0470. The third kappa shape index (κ3) is 2.18. The number of nitrogens with one attached hydrogen (secondary N) is 1. The van der Waals surface area contributed by atoms with Crippen LogP contribution in [0.4, 0.5) is 11.6 Å². The van der Waals surface area contributed by atoms with Crippen LogP contribution in [0, 0.1) is 21.4 Å². The molecule has 0 amide bonds. The summed E-state index contributed by atoms with van der Waals surface area (Å²) in [5.74, 6) is 0.760. The van der Waals surface area contributed by atoms with Gasteiger partial charge in [-0.2, -0.15) is 5.26 Å². The molecule has 0 fully saturated rings. The molecule has 0 aliphatic carbocycles. The Morgan fingerprint density at radius 3 is 2.84 bits per heavy atom. The molecule has 8 nitrogen and oxygen atoms in total. The zero-order valence-electron chi connectivity index (χ0n) is 12.9. The van der Waals surface area contributed by atoms with Crippen molar-refractivity contribution < 1.29 is 4.92 Å². The van der Waals surface area contributed by atoms with Crippen molar-refractivity contribution in [3.05, 3.63) is 69.8 Å². The smallest absolute Gasteiger partial charge is 0.269 e. The quantitative estimate of drug-likeness (QED) is 0.549. The maximum absolute atomic E-state index is 11.0. The molecule has 0 spiro atoms. The van der Waals surface area contributed by atoms with Crippen LogP contribution >= 0.6 is 0 Å². The molecular formula is C17H12N6O2. The first kappa shape index (κ1) is 14.7. The summed E-state index contributed by atoms with van der Waals surface area (Å²) in [6.45, 7) is 0. The third-order valence-corrected chi connectivity index (χ3v) is 4.17. The standard InChI is InChI=1S/C17H12N6O2/c18-9-12-15(10-4-3-5-11(8-10)23(24)25)21-17-20-13-6-1-2-7-14(13)22(17)16(12)19/h1-8,15H,19H2,(H,20,21)/t15-/m1/s1. The lowest BCUT2D eigenvalue weighted by atomic mass is 9.97. The van der Waals surface area contributed by atoms with E-state index in [9.17, 15) is 15.4 Å². The SMILES string of the molecule is N#CC1=C(N)n2c(nc3ccccc32)N[C@@H]1c1cccc([N+](=O)[O-])c1. The molecule has 25 heavy (non-hydrogen) atoms. The van der Waals surface area contributed by atoms with Gasteiger partial charge in [0.15, 0.2) is 0 Å². The molecule has 0 bridgehead atoms. The van der Waals surface area contributed by atoms with Crippen LogP contribution in [0.5, 0.6) is 0 Å². The molecule has 0 saturated heterocycles. The van der Waals surface area contributed by atoms with Crippen LogP contribution in [0.25, 0.3) is 16.9 Å². The Kier molecular flexibility index (Phi) is 3.15. The van der Waals surface area contributed by atoms with Gasteiger partial charge in [-0.25, -0.2) is 4.98 Å².